The fourth-order valence-electron chi connectivity index (χ4n) is 5.28. The zero-order valence-electron chi connectivity index (χ0n) is 19.6. The van der Waals surface area contributed by atoms with Crippen molar-refractivity contribution in [2.24, 2.45) is 0 Å². The van der Waals surface area contributed by atoms with E-state index in [4.69, 9.17) is 4.74 Å². The largest absolute Gasteiger partial charge is 0.455 e. The molecule has 0 N–H and O–H groups in total. The normalized spacial score (nSPS) is 13.2. The number of rotatable bonds is 2. The molecular formula is C29H32O. The summed E-state index contributed by atoms with van der Waals surface area (Å²) in [5.74, 6) is 2.06. The molecular weight excluding hydrogens is 364 g/mol. The lowest BCUT2D eigenvalue weighted by atomic mass is 9.82. The van der Waals surface area contributed by atoms with E-state index in [2.05, 4.69) is 91.8 Å². The van der Waals surface area contributed by atoms with Gasteiger partial charge in [-0.3, -0.25) is 0 Å². The van der Waals surface area contributed by atoms with Crippen molar-refractivity contribution in [3.63, 3.8) is 0 Å². The molecule has 3 aromatic rings. The molecule has 1 aliphatic rings. The predicted octanol–water partition coefficient (Wildman–Crippen LogP) is 6.25. The van der Waals surface area contributed by atoms with Gasteiger partial charge in [0.2, 0.25) is 0 Å². The number of hydrogen-bond acceptors (Lipinski definition) is 1. The van der Waals surface area contributed by atoms with Gasteiger partial charge in [-0.15, -0.1) is 0 Å². The van der Waals surface area contributed by atoms with E-state index in [1.807, 2.05) is 0 Å². The third kappa shape index (κ3) is 2.75. The summed E-state index contributed by atoms with van der Waals surface area (Å²) in [5.41, 5.74) is 13.1. The van der Waals surface area contributed by atoms with Crippen LogP contribution in [-0.2, 0) is 6.42 Å². The molecule has 1 heterocycles. The molecule has 4 rings (SSSR count). The highest BCUT2D eigenvalue weighted by atomic mass is 16.5. The van der Waals surface area contributed by atoms with Gasteiger partial charge in [-0.25, -0.2) is 0 Å². The predicted molar refractivity (Wildman–Crippen MR) is 128 cm³/mol. The van der Waals surface area contributed by atoms with Crippen molar-refractivity contribution in [1.82, 2.24) is 0 Å². The van der Waals surface area contributed by atoms with Gasteiger partial charge in [0.05, 0.1) is 0 Å². The van der Waals surface area contributed by atoms with Crippen LogP contribution in [0.4, 0.5) is 0 Å². The fourth-order valence-corrected chi connectivity index (χ4v) is 5.28. The van der Waals surface area contributed by atoms with Crippen molar-refractivity contribution in [2.45, 2.75) is 61.8 Å². The minimum Gasteiger partial charge on any atom is -0.455 e. The summed E-state index contributed by atoms with van der Waals surface area (Å²) in [5, 5.41) is 2.54. The molecule has 0 bridgehead atoms. The van der Waals surface area contributed by atoms with Gasteiger partial charge in [-0.1, -0.05) is 43.3 Å². The number of ether oxygens (including phenoxy) is 1. The number of hydrogen-bond donors (Lipinski definition) is 0. The molecule has 154 valence electrons. The molecule has 0 saturated carbocycles. The van der Waals surface area contributed by atoms with Gasteiger partial charge in [0.15, 0.2) is 0 Å². The van der Waals surface area contributed by atoms with Crippen molar-refractivity contribution >= 4 is 11.6 Å². The van der Waals surface area contributed by atoms with E-state index in [1.165, 1.54) is 66.1 Å². The molecule has 0 radical (unpaired) electrons. The summed E-state index contributed by atoms with van der Waals surface area (Å²) in [6.07, 6.45) is 3.23. The smallest absolute Gasteiger partial charge is 0.139 e. The van der Waals surface area contributed by atoms with Crippen LogP contribution in [0.15, 0.2) is 30.3 Å². The van der Waals surface area contributed by atoms with Crippen molar-refractivity contribution in [3.8, 4) is 11.5 Å². The summed E-state index contributed by atoms with van der Waals surface area (Å²) in [6.45, 7) is 17.8. The summed E-state index contributed by atoms with van der Waals surface area (Å²) in [4.78, 5) is 0. The highest BCUT2D eigenvalue weighted by Crippen LogP contribution is 2.44. The van der Waals surface area contributed by atoms with Gasteiger partial charge >= 0.3 is 0 Å². The third-order valence-electron chi connectivity index (χ3n) is 7.13. The van der Waals surface area contributed by atoms with Crippen molar-refractivity contribution < 1.29 is 4.74 Å². The Bertz CT molecular complexity index is 1290. The van der Waals surface area contributed by atoms with Crippen LogP contribution in [-0.4, -0.2) is 0 Å². The Morgan fingerprint density at radius 2 is 1.40 bits per heavy atom. The Balaban J connectivity index is 2.33. The molecule has 0 spiro atoms. The summed E-state index contributed by atoms with van der Waals surface area (Å²) in [6, 6.07) is 10.8. The Kier molecular flexibility index (Phi) is 5.10. The Hall–Kier alpha value is -2.80. The summed E-state index contributed by atoms with van der Waals surface area (Å²) in [7, 11) is 0. The molecule has 1 aliphatic heterocycles. The average Bonchev–Trinajstić information content (AvgIpc) is 2.76. The Labute approximate surface area is 180 Å². The number of benzene rings is 3. The van der Waals surface area contributed by atoms with Gasteiger partial charge in [-0.2, -0.15) is 0 Å². The molecule has 0 aromatic heterocycles. The first-order chi connectivity index (χ1) is 14.3. The van der Waals surface area contributed by atoms with E-state index < -0.39 is 0 Å². The molecule has 0 atom stereocenters. The van der Waals surface area contributed by atoms with Crippen LogP contribution < -0.4 is 15.2 Å². The van der Waals surface area contributed by atoms with E-state index in [0.717, 1.165) is 17.9 Å². The van der Waals surface area contributed by atoms with Crippen molar-refractivity contribution in [2.75, 3.05) is 0 Å². The summed E-state index contributed by atoms with van der Waals surface area (Å²) >= 11 is 0. The second kappa shape index (κ2) is 7.47. The van der Waals surface area contributed by atoms with E-state index in [9.17, 15) is 0 Å². The standard InChI is InChI=1S/C29H32O/c1-9-23-16(3)18(5)25-27(22-14-12-11-13-15-22)26-19(6)17(4)24(10-2)21(8)29(26)30-28(25)20(23)7/h9,11-15H,10H2,1-8H3/b23-9+. The minimum atomic E-state index is 1.02. The summed E-state index contributed by atoms with van der Waals surface area (Å²) < 4.78 is 6.81. The first-order valence-corrected chi connectivity index (χ1v) is 11.0. The van der Waals surface area contributed by atoms with Crippen molar-refractivity contribution in [3.05, 3.63) is 90.8 Å². The van der Waals surface area contributed by atoms with Crippen LogP contribution in [0, 0.1) is 41.5 Å². The quantitative estimate of drug-likeness (QED) is 0.389. The second-order valence-corrected chi connectivity index (χ2v) is 8.54. The van der Waals surface area contributed by atoms with Crippen LogP contribution >= 0.6 is 0 Å². The van der Waals surface area contributed by atoms with Crippen LogP contribution in [0.3, 0.4) is 0 Å². The molecule has 0 amide bonds. The topological polar surface area (TPSA) is 9.23 Å². The van der Waals surface area contributed by atoms with Gasteiger partial charge in [0, 0.05) is 16.4 Å². The Morgan fingerprint density at radius 3 is 2.00 bits per heavy atom. The van der Waals surface area contributed by atoms with Gasteiger partial charge in [-0.05, 0) is 105 Å². The second-order valence-electron chi connectivity index (χ2n) is 8.54. The maximum Gasteiger partial charge on any atom is 0.139 e. The monoisotopic (exact) mass is 396 g/mol. The lowest BCUT2D eigenvalue weighted by Crippen LogP contribution is -2.29. The maximum atomic E-state index is 6.81. The van der Waals surface area contributed by atoms with Gasteiger partial charge < -0.3 is 4.74 Å². The molecule has 3 aromatic carbocycles. The van der Waals surface area contributed by atoms with Crippen LogP contribution in [0.5, 0.6) is 11.5 Å². The van der Waals surface area contributed by atoms with E-state index >= 15 is 0 Å². The Morgan fingerprint density at radius 1 is 0.733 bits per heavy atom. The van der Waals surface area contributed by atoms with Crippen LogP contribution in [0.1, 0.15) is 63.9 Å². The maximum absolute atomic E-state index is 6.81. The number of fused-ring (bicyclic) bond motifs is 2. The van der Waals surface area contributed by atoms with E-state index in [1.54, 1.807) is 0 Å². The lowest BCUT2D eigenvalue weighted by molar-refractivity contribution is 0.461. The van der Waals surface area contributed by atoms with Crippen molar-refractivity contribution in [1.29, 1.82) is 0 Å². The zero-order chi connectivity index (χ0) is 21.7. The zero-order valence-corrected chi connectivity index (χ0v) is 19.6. The molecule has 0 fully saturated rings. The molecule has 0 unspecified atom stereocenters. The first kappa shape index (κ1) is 20.5. The molecule has 0 saturated heterocycles. The highest BCUT2D eigenvalue weighted by molar-refractivity contribution is 5.89. The van der Waals surface area contributed by atoms with Gasteiger partial charge in [0.25, 0.3) is 0 Å². The van der Waals surface area contributed by atoms with E-state index in [-0.39, 0.29) is 0 Å². The fraction of sp³-hybridized carbons (Fsp3) is 0.310. The van der Waals surface area contributed by atoms with Crippen LogP contribution in [0.2, 0.25) is 0 Å². The van der Waals surface area contributed by atoms with Crippen LogP contribution in [0.25, 0.3) is 11.6 Å². The first-order valence-electron chi connectivity index (χ1n) is 11.0. The molecule has 0 aliphatic carbocycles. The molecule has 1 heteroatoms. The third-order valence-corrected chi connectivity index (χ3v) is 7.13. The molecule has 30 heavy (non-hydrogen) atoms. The van der Waals surface area contributed by atoms with Gasteiger partial charge in [0.1, 0.15) is 11.5 Å². The lowest BCUT2D eigenvalue weighted by Gasteiger charge is -2.30. The SMILES string of the molecule is C/C=c1\c(C)c(C)c2c(c1C)Oc1c(C)c(CC)c(C)c(C)c1C=2c1ccccc1. The minimum absolute atomic E-state index is 1.02. The highest BCUT2D eigenvalue weighted by Gasteiger charge is 2.29. The van der Waals surface area contributed by atoms with E-state index in [0.29, 0.717) is 0 Å². The average molecular weight is 397 g/mol. The molecule has 1 nitrogen and oxygen atoms in total.